The van der Waals surface area contributed by atoms with Crippen LogP contribution in [0.25, 0.3) is 0 Å². The number of methoxy groups -OCH3 is 1. The van der Waals surface area contributed by atoms with Crippen LogP contribution in [0.15, 0.2) is 35.9 Å². The predicted octanol–water partition coefficient (Wildman–Crippen LogP) is 5.05. The predicted molar refractivity (Wildman–Crippen MR) is 129 cm³/mol. The SMILES string of the molecule is CCOC.Fc1cccc(CNSCCCCCNCC=C2CC2)c1.NCC1CC1. The van der Waals surface area contributed by atoms with Crippen LogP contribution in [-0.4, -0.2) is 39.1 Å². The van der Waals surface area contributed by atoms with Crippen molar-refractivity contribution < 1.29 is 9.13 Å². The largest absolute Gasteiger partial charge is 0.385 e. The molecule has 0 aliphatic heterocycles. The molecule has 0 radical (unpaired) electrons. The van der Waals surface area contributed by atoms with Gasteiger partial charge in [0.15, 0.2) is 0 Å². The van der Waals surface area contributed by atoms with E-state index in [1.54, 1.807) is 36.8 Å². The minimum Gasteiger partial charge on any atom is -0.385 e. The summed E-state index contributed by atoms with van der Waals surface area (Å²) in [5.74, 6) is 1.86. The Labute approximate surface area is 187 Å². The Bertz CT molecular complexity index is 559. The first kappa shape index (κ1) is 27.1. The summed E-state index contributed by atoms with van der Waals surface area (Å²) in [5, 5.41) is 3.45. The number of allylic oxidation sites excluding steroid dienone is 1. The van der Waals surface area contributed by atoms with Crippen LogP contribution in [-0.2, 0) is 11.3 Å². The topological polar surface area (TPSA) is 59.3 Å². The van der Waals surface area contributed by atoms with Crippen LogP contribution in [0.2, 0.25) is 0 Å². The third kappa shape index (κ3) is 17.9. The second kappa shape index (κ2) is 18.8. The number of hydrogen-bond acceptors (Lipinski definition) is 5. The molecule has 0 bridgehead atoms. The minimum atomic E-state index is -0.163. The molecular formula is C24H42FN3OS. The summed E-state index contributed by atoms with van der Waals surface area (Å²) in [7, 11) is 1.68. The number of ether oxygens (including phenoxy) is 1. The van der Waals surface area contributed by atoms with Crippen molar-refractivity contribution in [3.63, 3.8) is 0 Å². The Kier molecular flexibility index (Phi) is 17.0. The first-order chi connectivity index (χ1) is 14.7. The number of hydrogen-bond donors (Lipinski definition) is 3. The summed E-state index contributed by atoms with van der Waals surface area (Å²) in [6.45, 7) is 6.57. The van der Waals surface area contributed by atoms with E-state index in [1.165, 1.54) is 51.0 Å². The third-order valence-electron chi connectivity index (χ3n) is 4.76. The zero-order valence-corrected chi connectivity index (χ0v) is 19.7. The normalized spacial score (nSPS) is 14.3. The molecule has 2 aliphatic rings. The molecule has 0 spiro atoms. The van der Waals surface area contributed by atoms with Crippen LogP contribution in [0.4, 0.5) is 4.39 Å². The quantitative estimate of drug-likeness (QED) is 0.228. The minimum absolute atomic E-state index is 0.163. The molecule has 0 heterocycles. The Morgan fingerprint density at radius 2 is 2.00 bits per heavy atom. The maximum Gasteiger partial charge on any atom is 0.123 e. The number of unbranched alkanes of at least 4 members (excludes halogenated alkanes) is 2. The second-order valence-corrected chi connectivity index (χ2v) is 8.67. The van der Waals surface area contributed by atoms with Crippen LogP contribution in [0.5, 0.6) is 0 Å². The summed E-state index contributed by atoms with van der Waals surface area (Å²) in [6, 6.07) is 6.75. The van der Waals surface area contributed by atoms with Gasteiger partial charge in [-0.05, 0) is 82.2 Å². The number of nitrogens with two attached hydrogens (primary N) is 1. The average molecular weight is 440 g/mol. The second-order valence-electron chi connectivity index (χ2n) is 7.68. The number of nitrogens with one attached hydrogen (secondary N) is 2. The summed E-state index contributed by atoms with van der Waals surface area (Å²) >= 11 is 1.73. The number of halogens is 1. The highest BCUT2D eigenvalue weighted by Gasteiger charge is 2.17. The fourth-order valence-corrected chi connectivity index (χ4v) is 3.16. The van der Waals surface area contributed by atoms with E-state index in [0.29, 0.717) is 0 Å². The van der Waals surface area contributed by atoms with Gasteiger partial charge in [-0.1, -0.05) is 42.2 Å². The lowest BCUT2D eigenvalue weighted by atomic mass is 10.2. The van der Waals surface area contributed by atoms with E-state index in [1.807, 2.05) is 13.0 Å². The highest BCUT2D eigenvalue weighted by molar-refractivity contribution is 7.97. The van der Waals surface area contributed by atoms with E-state index in [2.05, 4.69) is 20.9 Å². The highest BCUT2D eigenvalue weighted by Crippen LogP contribution is 2.26. The lowest BCUT2D eigenvalue weighted by Crippen LogP contribution is -2.15. The van der Waals surface area contributed by atoms with Crippen molar-refractivity contribution in [3.05, 3.63) is 47.3 Å². The maximum atomic E-state index is 13.0. The molecule has 2 saturated carbocycles. The van der Waals surface area contributed by atoms with Crippen molar-refractivity contribution in [1.29, 1.82) is 0 Å². The third-order valence-corrected chi connectivity index (χ3v) is 5.60. The van der Waals surface area contributed by atoms with E-state index >= 15 is 0 Å². The summed E-state index contributed by atoms with van der Waals surface area (Å²) in [6.07, 6.45) is 11.5. The van der Waals surface area contributed by atoms with Crippen LogP contribution in [0, 0.1) is 11.7 Å². The lowest BCUT2D eigenvalue weighted by molar-refractivity contribution is 0.215. The van der Waals surface area contributed by atoms with Gasteiger partial charge >= 0.3 is 0 Å². The van der Waals surface area contributed by atoms with Crippen LogP contribution in [0.3, 0.4) is 0 Å². The molecule has 0 unspecified atom stereocenters. The smallest absolute Gasteiger partial charge is 0.123 e. The molecule has 1 aromatic rings. The van der Waals surface area contributed by atoms with E-state index in [9.17, 15) is 4.39 Å². The van der Waals surface area contributed by atoms with Crippen molar-refractivity contribution in [2.75, 3.05) is 39.1 Å². The zero-order valence-electron chi connectivity index (χ0n) is 18.9. The number of benzene rings is 1. The summed E-state index contributed by atoms with van der Waals surface area (Å²) in [4.78, 5) is 0. The van der Waals surface area contributed by atoms with Crippen molar-refractivity contribution in [3.8, 4) is 0 Å². The summed E-state index contributed by atoms with van der Waals surface area (Å²) in [5.41, 5.74) is 7.84. The average Bonchev–Trinajstić information content (AvgIpc) is 3.67. The Morgan fingerprint density at radius 3 is 2.57 bits per heavy atom. The van der Waals surface area contributed by atoms with Crippen molar-refractivity contribution in [2.24, 2.45) is 11.7 Å². The van der Waals surface area contributed by atoms with Gasteiger partial charge in [0.25, 0.3) is 0 Å². The summed E-state index contributed by atoms with van der Waals surface area (Å²) < 4.78 is 20.8. The monoisotopic (exact) mass is 439 g/mol. The van der Waals surface area contributed by atoms with Crippen molar-refractivity contribution in [1.82, 2.24) is 10.0 Å². The molecule has 1 aromatic carbocycles. The molecule has 30 heavy (non-hydrogen) atoms. The van der Waals surface area contributed by atoms with Crippen LogP contribution >= 0.6 is 11.9 Å². The number of rotatable bonds is 13. The maximum absolute atomic E-state index is 13.0. The Balaban J connectivity index is 0.000000414. The molecule has 0 saturated heterocycles. The van der Waals surface area contributed by atoms with Gasteiger partial charge in [-0.25, -0.2) is 4.39 Å². The molecular weight excluding hydrogens is 397 g/mol. The molecule has 4 nitrogen and oxygen atoms in total. The van der Waals surface area contributed by atoms with Gasteiger partial charge in [0.1, 0.15) is 5.82 Å². The zero-order chi connectivity index (χ0) is 21.9. The Morgan fingerprint density at radius 1 is 1.23 bits per heavy atom. The molecule has 2 aliphatic carbocycles. The van der Waals surface area contributed by atoms with Gasteiger partial charge in [0.05, 0.1) is 0 Å². The fourth-order valence-electron chi connectivity index (χ4n) is 2.40. The molecule has 0 aromatic heterocycles. The molecule has 0 amide bonds. The van der Waals surface area contributed by atoms with Gasteiger partial charge in [-0.3, -0.25) is 4.72 Å². The van der Waals surface area contributed by atoms with Crippen LogP contribution in [0.1, 0.15) is 57.4 Å². The molecule has 2 fully saturated rings. The van der Waals surface area contributed by atoms with E-state index in [-0.39, 0.29) is 5.82 Å². The van der Waals surface area contributed by atoms with Crippen LogP contribution < -0.4 is 15.8 Å². The van der Waals surface area contributed by atoms with E-state index in [0.717, 1.165) is 50.0 Å². The Hall–Kier alpha value is -0.920. The first-order valence-electron chi connectivity index (χ1n) is 11.4. The first-order valence-corrected chi connectivity index (χ1v) is 12.3. The molecule has 0 atom stereocenters. The van der Waals surface area contributed by atoms with Gasteiger partial charge in [0.2, 0.25) is 0 Å². The lowest BCUT2D eigenvalue weighted by Gasteiger charge is -2.05. The van der Waals surface area contributed by atoms with E-state index in [4.69, 9.17) is 5.73 Å². The standard InChI is InChI=1S/C17H25FN2S.C4H9N.C3H8O/c18-17-6-4-5-16(13-17)14-20-21-12-3-1-2-10-19-11-9-15-7-8-15;5-3-4-1-2-4;1-3-4-2/h4-6,9,13,19-20H,1-3,7-8,10-12,14H2;4H,1-3,5H2;3H2,1-2H3. The van der Waals surface area contributed by atoms with Gasteiger partial charge in [0, 0.05) is 32.6 Å². The van der Waals surface area contributed by atoms with Gasteiger partial charge in [-0.2, -0.15) is 0 Å². The molecule has 4 N–H and O–H groups in total. The molecule has 6 heteroatoms. The van der Waals surface area contributed by atoms with Gasteiger partial charge in [-0.15, -0.1) is 0 Å². The van der Waals surface area contributed by atoms with Crippen molar-refractivity contribution >= 4 is 11.9 Å². The fraction of sp³-hybridized carbons (Fsp3) is 0.667. The van der Waals surface area contributed by atoms with Gasteiger partial charge < -0.3 is 15.8 Å². The highest BCUT2D eigenvalue weighted by atomic mass is 32.2. The molecule has 3 rings (SSSR count). The molecule has 172 valence electrons. The van der Waals surface area contributed by atoms with E-state index < -0.39 is 0 Å². The van der Waals surface area contributed by atoms with Crippen molar-refractivity contribution in [2.45, 2.75) is 58.4 Å².